The third-order valence-electron chi connectivity index (χ3n) is 10.2. The lowest BCUT2D eigenvalue weighted by Crippen LogP contribution is -2.57. The van der Waals surface area contributed by atoms with E-state index in [0.29, 0.717) is 16.4 Å². The van der Waals surface area contributed by atoms with Crippen molar-refractivity contribution in [3.63, 3.8) is 0 Å². The first-order chi connectivity index (χ1) is 22.0. The Labute approximate surface area is 267 Å². The van der Waals surface area contributed by atoms with Crippen molar-refractivity contribution >= 4 is 23.4 Å². The van der Waals surface area contributed by atoms with Crippen molar-refractivity contribution in [2.45, 2.75) is 113 Å². The predicted octanol–water partition coefficient (Wildman–Crippen LogP) is 5.41. The van der Waals surface area contributed by atoms with Crippen LogP contribution < -0.4 is 5.32 Å². The van der Waals surface area contributed by atoms with Crippen molar-refractivity contribution in [1.29, 1.82) is 0 Å². The molecule has 4 fully saturated rings. The van der Waals surface area contributed by atoms with E-state index in [1.54, 1.807) is 21.7 Å². The molecular weight excluding hydrogens is 594 g/mol. The molecule has 8 rings (SSSR count). The first-order valence-corrected chi connectivity index (χ1v) is 16.7. The van der Waals surface area contributed by atoms with Crippen LogP contribution in [0.5, 0.6) is 0 Å². The minimum atomic E-state index is -0.953. The largest absolute Gasteiger partial charge is 0.351 e. The number of aromatic nitrogens is 3. The van der Waals surface area contributed by atoms with E-state index < -0.39 is 36.4 Å². The van der Waals surface area contributed by atoms with E-state index in [9.17, 15) is 9.59 Å². The van der Waals surface area contributed by atoms with Crippen molar-refractivity contribution in [2.24, 2.45) is 0 Å². The van der Waals surface area contributed by atoms with Gasteiger partial charge in [0.2, 0.25) is 5.91 Å². The monoisotopic (exact) mass is 631 g/mol. The molecule has 0 radical (unpaired) electrons. The molecule has 5 atom stereocenters. The highest BCUT2D eigenvalue weighted by molar-refractivity contribution is 6.30. The molecule has 5 aliphatic rings. The Hall–Kier alpha value is -3.31. The Bertz CT molecular complexity index is 1550. The van der Waals surface area contributed by atoms with Crippen molar-refractivity contribution in [3.05, 3.63) is 70.9 Å². The summed E-state index contributed by atoms with van der Waals surface area (Å²) in [5, 5.41) is 13.0. The molecule has 2 aromatic carbocycles. The van der Waals surface area contributed by atoms with Crippen LogP contribution in [0.4, 0.5) is 0 Å². The number of nitrogens with zero attached hydrogens (tertiary/aromatic N) is 4. The summed E-state index contributed by atoms with van der Waals surface area (Å²) in [6, 6.07) is 15.4. The Morgan fingerprint density at radius 2 is 1.67 bits per heavy atom. The highest BCUT2D eigenvalue weighted by Gasteiger charge is 2.64. The standard InChI is InChI=1S/C34H38ClN5O5/c35-23-16-14-21(15-17-23)20-39-28(31(41)36-24-12-6-2-7-13-24)29-27(30-33(43-29)45-34(44-30)18-8-3-9-19-34)40-26(32(39)42)25(37-38-40)22-10-4-1-5-11-22/h1,4-5,10-11,14-17,24,27-30,33H,2-3,6-9,12-13,18-20H2,(H,36,41)/t27-,28+,29-,30+,33+/m0/s1. The van der Waals surface area contributed by atoms with Gasteiger partial charge in [-0.05, 0) is 43.4 Å². The molecular formula is C34H38ClN5O5. The molecule has 45 heavy (non-hydrogen) atoms. The van der Waals surface area contributed by atoms with Crippen LogP contribution in [0.25, 0.3) is 11.3 Å². The van der Waals surface area contributed by atoms with Gasteiger partial charge in [0.1, 0.15) is 30.0 Å². The molecule has 2 saturated heterocycles. The Morgan fingerprint density at radius 1 is 0.933 bits per heavy atom. The van der Waals surface area contributed by atoms with Gasteiger partial charge in [-0.1, -0.05) is 85.0 Å². The number of hydrogen-bond donors (Lipinski definition) is 1. The molecule has 3 aromatic rings. The second-order valence-corrected chi connectivity index (χ2v) is 13.5. The number of benzene rings is 2. The van der Waals surface area contributed by atoms with E-state index in [1.807, 2.05) is 42.5 Å². The van der Waals surface area contributed by atoms with Gasteiger partial charge in [0, 0.05) is 36.0 Å². The zero-order valence-electron chi connectivity index (χ0n) is 25.1. The molecule has 1 N–H and O–H groups in total. The van der Waals surface area contributed by atoms with Crippen LogP contribution in [0, 0.1) is 0 Å². The second-order valence-electron chi connectivity index (χ2n) is 13.1. The lowest BCUT2D eigenvalue weighted by Gasteiger charge is -2.37. The van der Waals surface area contributed by atoms with Gasteiger partial charge in [-0.2, -0.15) is 0 Å². The van der Waals surface area contributed by atoms with Crippen LogP contribution in [0.2, 0.25) is 5.02 Å². The Morgan fingerprint density at radius 3 is 2.42 bits per heavy atom. The summed E-state index contributed by atoms with van der Waals surface area (Å²) in [5.74, 6) is -1.29. The summed E-state index contributed by atoms with van der Waals surface area (Å²) >= 11 is 6.21. The molecule has 10 nitrogen and oxygen atoms in total. The number of carbonyl (C=O) groups is 2. The third-order valence-corrected chi connectivity index (χ3v) is 10.4. The topological polar surface area (TPSA) is 108 Å². The maximum absolute atomic E-state index is 14.9. The molecule has 2 amide bonds. The van der Waals surface area contributed by atoms with Crippen LogP contribution >= 0.6 is 11.6 Å². The van der Waals surface area contributed by atoms with Crippen LogP contribution in [0.3, 0.4) is 0 Å². The van der Waals surface area contributed by atoms with Crippen molar-refractivity contribution in [2.75, 3.05) is 0 Å². The fourth-order valence-corrected chi connectivity index (χ4v) is 8.07. The van der Waals surface area contributed by atoms with Gasteiger partial charge in [0.05, 0.1) is 0 Å². The number of hydrogen-bond acceptors (Lipinski definition) is 7. The number of carbonyl (C=O) groups excluding carboxylic acids is 2. The van der Waals surface area contributed by atoms with Gasteiger partial charge in [-0.25, -0.2) is 4.68 Å². The molecule has 4 heterocycles. The molecule has 3 aliphatic heterocycles. The van der Waals surface area contributed by atoms with E-state index in [2.05, 4.69) is 15.6 Å². The van der Waals surface area contributed by atoms with Gasteiger partial charge in [-0.15, -0.1) is 5.10 Å². The van der Waals surface area contributed by atoms with Crippen LogP contribution in [0.1, 0.15) is 86.3 Å². The highest BCUT2D eigenvalue weighted by atomic mass is 35.5. The lowest BCUT2D eigenvalue weighted by atomic mass is 9.93. The first-order valence-electron chi connectivity index (χ1n) is 16.4. The Kier molecular flexibility index (Phi) is 7.64. The second kappa shape index (κ2) is 11.8. The van der Waals surface area contributed by atoms with Crippen molar-refractivity contribution < 1.29 is 23.8 Å². The van der Waals surface area contributed by atoms with Gasteiger partial charge in [-0.3, -0.25) is 9.59 Å². The fraction of sp³-hybridized carbons (Fsp3) is 0.529. The summed E-state index contributed by atoms with van der Waals surface area (Å²) < 4.78 is 21.7. The molecule has 2 aliphatic carbocycles. The molecule has 1 spiro atoms. The summed E-state index contributed by atoms with van der Waals surface area (Å²) in [4.78, 5) is 31.0. The zero-order valence-corrected chi connectivity index (χ0v) is 25.9. The normalized spacial score (nSPS) is 29.2. The molecule has 11 heteroatoms. The van der Waals surface area contributed by atoms with Gasteiger partial charge < -0.3 is 24.4 Å². The van der Waals surface area contributed by atoms with Gasteiger partial charge in [0.15, 0.2) is 17.8 Å². The summed E-state index contributed by atoms with van der Waals surface area (Å²) in [7, 11) is 0. The minimum absolute atomic E-state index is 0.0536. The van der Waals surface area contributed by atoms with Crippen LogP contribution in [0.15, 0.2) is 54.6 Å². The number of rotatable bonds is 5. The highest BCUT2D eigenvalue weighted by Crippen LogP contribution is 2.51. The summed E-state index contributed by atoms with van der Waals surface area (Å²) in [6.45, 7) is 0.172. The van der Waals surface area contributed by atoms with E-state index in [-0.39, 0.29) is 24.4 Å². The van der Waals surface area contributed by atoms with Crippen LogP contribution in [-0.2, 0) is 25.5 Å². The third kappa shape index (κ3) is 5.25. The van der Waals surface area contributed by atoms with E-state index >= 15 is 0 Å². The molecule has 0 bridgehead atoms. The summed E-state index contributed by atoms with van der Waals surface area (Å²) in [5.41, 5.74) is 2.39. The van der Waals surface area contributed by atoms with E-state index in [1.165, 1.54) is 6.42 Å². The van der Waals surface area contributed by atoms with Gasteiger partial charge in [0.25, 0.3) is 5.91 Å². The maximum atomic E-state index is 14.9. The average molecular weight is 632 g/mol. The number of ether oxygens (including phenoxy) is 3. The SMILES string of the molecule is O=C(NC1CCCCC1)[C@H]1[C@H]2O[C@@H]3OC4(CCCCC4)O[C@@H]3[C@H]2n2nnc(-c3ccccc3)c2C(=O)N1Cc1ccc(Cl)cc1. The number of nitrogens with one attached hydrogen (secondary N) is 1. The maximum Gasteiger partial charge on any atom is 0.275 e. The first kappa shape index (κ1) is 29.1. The van der Waals surface area contributed by atoms with Crippen molar-refractivity contribution in [3.8, 4) is 11.3 Å². The predicted molar refractivity (Wildman–Crippen MR) is 165 cm³/mol. The fourth-order valence-electron chi connectivity index (χ4n) is 7.95. The quantitative estimate of drug-likeness (QED) is 0.401. The molecule has 2 saturated carbocycles. The molecule has 236 valence electrons. The van der Waals surface area contributed by atoms with E-state index in [0.717, 1.165) is 68.9 Å². The Balaban J connectivity index is 1.25. The van der Waals surface area contributed by atoms with Gasteiger partial charge >= 0.3 is 0 Å². The number of halogens is 1. The smallest absolute Gasteiger partial charge is 0.275 e. The van der Waals surface area contributed by atoms with Crippen LogP contribution in [-0.4, -0.2) is 68.1 Å². The van der Waals surface area contributed by atoms with Crippen molar-refractivity contribution in [1.82, 2.24) is 25.2 Å². The average Bonchev–Trinajstić information content (AvgIpc) is 3.72. The number of fused-ring (bicyclic) bond motifs is 5. The molecule has 0 unspecified atom stereocenters. The zero-order chi connectivity index (χ0) is 30.5. The number of amides is 2. The summed E-state index contributed by atoms with van der Waals surface area (Å²) in [6.07, 6.45) is 7.87. The molecule has 1 aromatic heterocycles. The minimum Gasteiger partial charge on any atom is -0.351 e. The lowest BCUT2D eigenvalue weighted by molar-refractivity contribution is -0.244. The van der Waals surface area contributed by atoms with E-state index in [4.69, 9.17) is 25.8 Å².